The smallest absolute Gasteiger partial charge is 0.246 e. The number of halogens is 2. The molecule has 4 nitrogen and oxygen atoms in total. The van der Waals surface area contributed by atoms with Gasteiger partial charge >= 0.3 is 0 Å². The van der Waals surface area contributed by atoms with E-state index in [4.69, 9.17) is 0 Å². The Labute approximate surface area is 129 Å². The predicted octanol–water partition coefficient (Wildman–Crippen LogP) is 2.12. The van der Waals surface area contributed by atoms with Crippen LogP contribution in [-0.4, -0.2) is 38.4 Å². The van der Waals surface area contributed by atoms with Gasteiger partial charge in [0.15, 0.2) is 11.6 Å². The lowest BCUT2D eigenvalue weighted by Gasteiger charge is -2.31. The molecule has 3 rings (SSSR count). The summed E-state index contributed by atoms with van der Waals surface area (Å²) in [6.07, 6.45) is 3.95. The van der Waals surface area contributed by atoms with Crippen LogP contribution in [0.1, 0.15) is 25.7 Å². The van der Waals surface area contributed by atoms with E-state index < -0.39 is 26.6 Å². The molecule has 1 aromatic carbocycles. The minimum absolute atomic E-state index is 0.310. The van der Waals surface area contributed by atoms with Crippen LogP contribution in [0.3, 0.4) is 0 Å². The van der Waals surface area contributed by atoms with Crippen LogP contribution in [0.2, 0.25) is 0 Å². The molecule has 1 saturated heterocycles. The van der Waals surface area contributed by atoms with Gasteiger partial charge in [-0.25, -0.2) is 17.2 Å². The first kappa shape index (κ1) is 15.8. The molecule has 122 valence electrons. The summed E-state index contributed by atoms with van der Waals surface area (Å²) < 4.78 is 53.1. The van der Waals surface area contributed by atoms with Crippen molar-refractivity contribution < 1.29 is 17.2 Å². The van der Waals surface area contributed by atoms with Crippen LogP contribution in [0, 0.1) is 17.6 Å². The van der Waals surface area contributed by atoms with Gasteiger partial charge in [-0.15, -0.1) is 0 Å². The average Bonchev–Trinajstić information content (AvgIpc) is 3.32. The molecule has 2 fully saturated rings. The van der Waals surface area contributed by atoms with Crippen LogP contribution < -0.4 is 5.32 Å². The van der Waals surface area contributed by atoms with Crippen LogP contribution in [0.5, 0.6) is 0 Å². The van der Waals surface area contributed by atoms with E-state index in [2.05, 4.69) is 5.32 Å². The number of rotatable bonds is 5. The second kappa shape index (κ2) is 6.22. The van der Waals surface area contributed by atoms with Crippen LogP contribution in [0.15, 0.2) is 23.1 Å². The summed E-state index contributed by atoms with van der Waals surface area (Å²) in [5.74, 6) is -1.65. The molecule has 0 radical (unpaired) electrons. The second-order valence-corrected chi connectivity index (χ2v) is 7.99. The minimum atomic E-state index is -3.97. The molecule has 0 atom stereocenters. The maximum absolute atomic E-state index is 13.8. The lowest BCUT2D eigenvalue weighted by atomic mass is 10.1. The van der Waals surface area contributed by atoms with Crippen molar-refractivity contribution >= 4 is 10.0 Å². The number of nitrogens with one attached hydrogen (secondary N) is 1. The Balaban J connectivity index is 1.65. The molecule has 1 aliphatic heterocycles. The Bertz CT molecular complexity index is 639. The molecule has 1 aliphatic carbocycles. The number of benzene rings is 1. The van der Waals surface area contributed by atoms with Crippen molar-refractivity contribution in [3.63, 3.8) is 0 Å². The summed E-state index contributed by atoms with van der Waals surface area (Å²) in [5.41, 5.74) is 0. The van der Waals surface area contributed by atoms with Gasteiger partial charge in [-0.05, 0) is 50.3 Å². The van der Waals surface area contributed by atoms with Crippen LogP contribution >= 0.6 is 0 Å². The van der Waals surface area contributed by atoms with Crippen molar-refractivity contribution in [1.29, 1.82) is 0 Å². The van der Waals surface area contributed by atoms with Gasteiger partial charge in [0.25, 0.3) is 0 Å². The summed E-state index contributed by atoms with van der Waals surface area (Å²) in [7, 11) is -3.97. The molecule has 0 spiro atoms. The quantitative estimate of drug-likeness (QED) is 0.900. The molecule has 0 unspecified atom stereocenters. The van der Waals surface area contributed by atoms with Gasteiger partial charge in [0.2, 0.25) is 10.0 Å². The zero-order valence-corrected chi connectivity index (χ0v) is 13.1. The lowest BCUT2D eigenvalue weighted by Crippen LogP contribution is -2.45. The third-order valence-electron chi connectivity index (χ3n) is 4.38. The Morgan fingerprint density at radius 3 is 2.45 bits per heavy atom. The summed E-state index contributed by atoms with van der Waals surface area (Å²) >= 11 is 0. The zero-order valence-electron chi connectivity index (χ0n) is 12.3. The average molecular weight is 330 g/mol. The lowest BCUT2D eigenvalue weighted by molar-refractivity contribution is 0.287. The molecule has 1 aromatic rings. The highest BCUT2D eigenvalue weighted by Crippen LogP contribution is 2.28. The van der Waals surface area contributed by atoms with E-state index >= 15 is 0 Å². The Kier molecular flexibility index (Phi) is 4.47. The Morgan fingerprint density at radius 2 is 1.82 bits per heavy atom. The maximum atomic E-state index is 13.8. The highest BCUT2D eigenvalue weighted by Gasteiger charge is 2.32. The highest BCUT2D eigenvalue weighted by molar-refractivity contribution is 7.89. The van der Waals surface area contributed by atoms with Crippen molar-refractivity contribution in [2.75, 3.05) is 19.6 Å². The molecule has 0 bridgehead atoms. The predicted molar refractivity (Wildman–Crippen MR) is 78.9 cm³/mol. The van der Waals surface area contributed by atoms with Gasteiger partial charge in [0.05, 0.1) is 0 Å². The molecule has 2 aliphatic rings. The first-order valence-corrected chi connectivity index (χ1v) is 9.10. The first-order valence-electron chi connectivity index (χ1n) is 7.66. The van der Waals surface area contributed by atoms with Crippen molar-refractivity contribution in [3.8, 4) is 0 Å². The van der Waals surface area contributed by atoms with Crippen molar-refractivity contribution in [2.45, 2.75) is 36.6 Å². The fourth-order valence-corrected chi connectivity index (χ4v) is 4.32. The van der Waals surface area contributed by atoms with E-state index in [1.807, 2.05) is 0 Å². The maximum Gasteiger partial charge on any atom is 0.246 e. The summed E-state index contributed by atoms with van der Waals surface area (Å²) in [6, 6.07) is 3.56. The normalized spacial score (nSPS) is 21.2. The van der Waals surface area contributed by atoms with Gasteiger partial charge in [0, 0.05) is 19.1 Å². The minimum Gasteiger partial charge on any atom is -0.314 e. The van der Waals surface area contributed by atoms with Gasteiger partial charge in [-0.1, -0.05) is 6.07 Å². The third-order valence-corrected chi connectivity index (χ3v) is 6.30. The van der Waals surface area contributed by atoms with E-state index in [0.29, 0.717) is 32.0 Å². The standard InChI is InChI=1S/C15H20F2N2O2S/c16-13-2-1-3-14(15(13)17)22(20,21)19-8-6-12(7-9-19)18-10-11-4-5-11/h1-3,11-12,18H,4-10H2. The summed E-state index contributed by atoms with van der Waals surface area (Å²) in [4.78, 5) is -0.572. The number of hydrogen-bond acceptors (Lipinski definition) is 3. The van der Waals surface area contributed by atoms with Crippen LogP contribution in [-0.2, 0) is 10.0 Å². The largest absolute Gasteiger partial charge is 0.314 e. The molecule has 0 aromatic heterocycles. The topological polar surface area (TPSA) is 49.4 Å². The van der Waals surface area contributed by atoms with Crippen LogP contribution in [0.25, 0.3) is 0 Å². The van der Waals surface area contributed by atoms with Crippen molar-refractivity contribution in [2.24, 2.45) is 5.92 Å². The SMILES string of the molecule is O=S(=O)(c1cccc(F)c1F)N1CCC(NCC2CC2)CC1. The highest BCUT2D eigenvalue weighted by atomic mass is 32.2. The fraction of sp³-hybridized carbons (Fsp3) is 0.600. The fourth-order valence-electron chi connectivity index (χ4n) is 2.78. The second-order valence-electron chi connectivity index (χ2n) is 6.08. The molecule has 7 heteroatoms. The van der Waals surface area contributed by atoms with Gasteiger partial charge < -0.3 is 5.32 Å². The Morgan fingerprint density at radius 1 is 1.14 bits per heavy atom. The van der Waals surface area contributed by atoms with Crippen LogP contribution in [0.4, 0.5) is 8.78 Å². The summed E-state index contributed by atoms with van der Waals surface area (Å²) in [5, 5.41) is 3.46. The molecule has 1 N–H and O–H groups in total. The van der Waals surface area contributed by atoms with E-state index in [0.717, 1.165) is 24.6 Å². The molecule has 1 heterocycles. The molecule has 22 heavy (non-hydrogen) atoms. The van der Waals surface area contributed by atoms with E-state index in [-0.39, 0.29) is 0 Å². The molecular weight excluding hydrogens is 310 g/mol. The van der Waals surface area contributed by atoms with E-state index in [1.54, 1.807) is 0 Å². The van der Waals surface area contributed by atoms with Crippen molar-refractivity contribution in [1.82, 2.24) is 9.62 Å². The molecular formula is C15H20F2N2O2S. The van der Waals surface area contributed by atoms with Gasteiger partial charge in [-0.3, -0.25) is 0 Å². The zero-order chi connectivity index (χ0) is 15.7. The van der Waals surface area contributed by atoms with Gasteiger partial charge in [0.1, 0.15) is 4.90 Å². The van der Waals surface area contributed by atoms with E-state index in [1.165, 1.54) is 23.2 Å². The number of piperidine rings is 1. The first-order chi connectivity index (χ1) is 10.5. The third kappa shape index (κ3) is 3.31. The Hall–Kier alpha value is -1.05. The van der Waals surface area contributed by atoms with Crippen molar-refractivity contribution in [3.05, 3.63) is 29.8 Å². The number of sulfonamides is 1. The monoisotopic (exact) mass is 330 g/mol. The molecule has 1 saturated carbocycles. The van der Waals surface area contributed by atoms with E-state index in [9.17, 15) is 17.2 Å². The molecule has 0 amide bonds. The number of nitrogens with zero attached hydrogens (tertiary/aromatic N) is 1. The summed E-state index contributed by atoms with van der Waals surface area (Å²) in [6.45, 7) is 1.66. The number of hydrogen-bond donors (Lipinski definition) is 1. The van der Waals surface area contributed by atoms with Gasteiger partial charge in [-0.2, -0.15) is 4.31 Å².